The third kappa shape index (κ3) is 5.87. The van der Waals surface area contributed by atoms with Crippen LogP contribution in [0.15, 0.2) is 231 Å². The van der Waals surface area contributed by atoms with E-state index in [9.17, 15) is 5.26 Å². The highest BCUT2D eigenvalue weighted by molar-refractivity contribution is 6.18. The van der Waals surface area contributed by atoms with Crippen LogP contribution in [0.3, 0.4) is 0 Å². The fraction of sp³-hybridized carbons (Fsp3) is 0. The monoisotopic (exact) mass is 814 g/mol. The van der Waals surface area contributed by atoms with Crippen molar-refractivity contribution in [3.8, 4) is 73.1 Å². The highest BCUT2D eigenvalue weighted by atomic mass is 15.0. The first-order valence-electron chi connectivity index (χ1n) is 21.6. The van der Waals surface area contributed by atoms with Gasteiger partial charge in [-0.1, -0.05) is 170 Å². The zero-order chi connectivity index (χ0) is 42.6. The number of hydrogen-bond acceptors (Lipinski definition) is 2. The zero-order valence-electron chi connectivity index (χ0n) is 34.7. The molecule has 0 N–H and O–H groups in total. The number of rotatable bonds is 7. The number of pyridine rings is 1. The average Bonchev–Trinajstić information content (AvgIpc) is 3.90. The summed E-state index contributed by atoms with van der Waals surface area (Å²) in [5.41, 5.74) is 17.8. The van der Waals surface area contributed by atoms with Crippen molar-refractivity contribution in [1.82, 2.24) is 14.1 Å². The lowest BCUT2D eigenvalue weighted by atomic mass is 9.92. The largest absolute Gasteiger partial charge is 0.309 e. The van der Waals surface area contributed by atoms with E-state index in [4.69, 9.17) is 0 Å². The fourth-order valence-electron chi connectivity index (χ4n) is 9.98. The Kier molecular flexibility index (Phi) is 8.84. The summed E-state index contributed by atoms with van der Waals surface area (Å²) in [5.74, 6) is 0. The van der Waals surface area contributed by atoms with Crippen LogP contribution in [-0.2, 0) is 0 Å². The van der Waals surface area contributed by atoms with Crippen LogP contribution in [-0.4, -0.2) is 14.1 Å². The van der Waals surface area contributed by atoms with E-state index in [1.807, 2.05) is 12.4 Å². The molecule has 0 saturated carbocycles. The van der Waals surface area contributed by atoms with Crippen LogP contribution in [0.2, 0.25) is 0 Å². The van der Waals surface area contributed by atoms with Gasteiger partial charge in [-0.15, -0.1) is 0 Å². The molecule has 4 heteroatoms. The van der Waals surface area contributed by atoms with Crippen molar-refractivity contribution in [3.05, 3.63) is 236 Å². The quantitative estimate of drug-likeness (QED) is 0.161. The number of nitriles is 1. The third-order valence-corrected chi connectivity index (χ3v) is 12.7. The molecule has 0 aliphatic rings. The predicted octanol–water partition coefficient (Wildman–Crippen LogP) is 15.5. The molecule has 0 spiro atoms. The molecule has 0 unspecified atom stereocenters. The molecular weight excluding hydrogens is 777 g/mol. The van der Waals surface area contributed by atoms with Crippen LogP contribution in [0.5, 0.6) is 0 Å². The molecule has 64 heavy (non-hydrogen) atoms. The molecule has 3 aromatic heterocycles. The second-order valence-corrected chi connectivity index (χ2v) is 16.2. The SMILES string of the molecule is N#Cc1cc(-n2c3ccccc3c3c(-c4ccccc4-c4ccccc4)cccc32)c(-c2ccncc2)cc1-n1c2ccccc2c2c(-c3ccccc3-c3ccccc3)cccc21. The van der Waals surface area contributed by atoms with Crippen molar-refractivity contribution >= 4 is 43.6 Å². The van der Waals surface area contributed by atoms with E-state index < -0.39 is 0 Å². The van der Waals surface area contributed by atoms with Gasteiger partial charge in [-0.2, -0.15) is 5.26 Å². The van der Waals surface area contributed by atoms with Gasteiger partial charge in [-0.05, 0) is 98.6 Å². The minimum absolute atomic E-state index is 0.571. The minimum Gasteiger partial charge on any atom is -0.309 e. The van der Waals surface area contributed by atoms with Crippen molar-refractivity contribution in [3.63, 3.8) is 0 Å². The van der Waals surface area contributed by atoms with Gasteiger partial charge in [0.1, 0.15) is 6.07 Å². The van der Waals surface area contributed by atoms with E-state index in [0.717, 1.165) is 82.8 Å². The summed E-state index contributed by atoms with van der Waals surface area (Å²) in [4.78, 5) is 4.43. The van der Waals surface area contributed by atoms with Crippen LogP contribution < -0.4 is 0 Å². The smallest absolute Gasteiger partial charge is 0.101 e. The van der Waals surface area contributed by atoms with Gasteiger partial charge < -0.3 is 9.13 Å². The van der Waals surface area contributed by atoms with Crippen LogP contribution in [0.25, 0.3) is 111 Å². The average molecular weight is 815 g/mol. The Labute approximate surface area is 370 Å². The molecule has 12 rings (SSSR count). The molecule has 12 aromatic rings. The second-order valence-electron chi connectivity index (χ2n) is 16.2. The summed E-state index contributed by atoms with van der Waals surface area (Å²) in [6.07, 6.45) is 3.69. The van der Waals surface area contributed by atoms with E-state index in [2.05, 4.69) is 239 Å². The van der Waals surface area contributed by atoms with E-state index in [1.54, 1.807) is 0 Å². The van der Waals surface area contributed by atoms with Crippen molar-refractivity contribution < 1.29 is 0 Å². The molecule has 0 atom stereocenters. The lowest BCUT2D eigenvalue weighted by Gasteiger charge is -2.19. The number of para-hydroxylation sites is 2. The van der Waals surface area contributed by atoms with E-state index >= 15 is 0 Å². The molecule has 0 radical (unpaired) electrons. The summed E-state index contributed by atoms with van der Waals surface area (Å²) in [7, 11) is 0. The highest BCUT2D eigenvalue weighted by Gasteiger charge is 2.24. The summed E-state index contributed by atoms with van der Waals surface area (Å²) in [6.45, 7) is 0. The fourth-order valence-corrected chi connectivity index (χ4v) is 9.98. The number of fused-ring (bicyclic) bond motifs is 6. The first kappa shape index (κ1) is 37.0. The van der Waals surface area contributed by atoms with Crippen LogP contribution in [0.4, 0.5) is 0 Å². The summed E-state index contributed by atoms with van der Waals surface area (Å²) in [6, 6.07) is 80.0. The van der Waals surface area contributed by atoms with Gasteiger partial charge in [-0.3, -0.25) is 4.98 Å². The third-order valence-electron chi connectivity index (χ3n) is 12.7. The molecule has 0 fully saturated rings. The molecule has 4 nitrogen and oxygen atoms in total. The number of benzene rings is 9. The molecule has 9 aromatic carbocycles. The molecule has 0 aliphatic heterocycles. The second kappa shape index (κ2) is 15.3. The number of aromatic nitrogens is 3. The van der Waals surface area contributed by atoms with Crippen LogP contribution in [0, 0.1) is 11.3 Å². The molecule has 0 aliphatic carbocycles. The van der Waals surface area contributed by atoms with Gasteiger partial charge >= 0.3 is 0 Å². The molecule has 0 bridgehead atoms. The Hall–Kier alpha value is -8.78. The Morgan fingerprint density at radius 3 is 1.25 bits per heavy atom. The summed E-state index contributed by atoms with van der Waals surface area (Å²) >= 11 is 0. The molecule has 0 amide bonds. The maximum Gasteiger partial charge on any atom is 0.101 e. The van der Waals surface area contributed by atoms with Crippen molar-refractivity contribution in [2.24, 2.45) is 0 Å². The summed E-state index contributed by atoms with van der Waals surface area (Å²) in [5, 5.41) is 15.9. The van der Waals surface area contributed by atoms with E-state index in [0.29, 0.717) is 5.56 Å². The minimum atomic E-state index is 0.571. The van der Waals surface area contributed by atoms with Crippen molar-refractivity contribution in [2.75, 3.05) is 0 Å². The van der Waals surface area contributed by atoms with Gasteiger partial charge in [0, 0.05) is 39.5 Å². The Morgan fingerprint density at radius 1 is 0.328 bits per heavy atom. The standard InChI is InChI=1S/C60H38N4/c61-39-43-37-58(64-54-30-14-12-26-51(54)60-49(28-16-32-56(60)64)47-24-10-8-22-45(47)41-19-5-2-6-20-41)52(42-33-35-62-36-34-42)38-57(43)63-53-29-13-11-25-50(53)59-48(27-15-31-55(59)63)46-23-9-7-21-44(46)40-17-3-1-4-18-40/h1-38H. The first-order chi connectivity index (χ1) is 31.8. The van der Waals surface area contributed by atoms with E-state index in [-0.39, 0.29) is 0 Å². The Balaban J connectivity index is 1.14. The highest BCUT2D eigenvalue weighted by Crippen LogP contribution is 2.46. The predicted molar refractivity (Wildman–Crippen MR) is 265 cm³/mol. The maximum atomic E-state index is 11.3. The normalized spacial score (nSPS) is 11.4. The van der Waals surface area contributed by atoms with E-state index in [1.165, 1.54) is 27.8 Å². The number of nitrogens with zero attached hydrogens (tertiary/aromatic N) is 4. The van der Waals surface area contributed by atoms with Gasteiger partial charge in [0.15, 0.2) is 0 Å². The molecule has 0 saturated heterocycles. The van der Waals surface area contributed by atoms with Crippen molar-refractivity contribution in [1.29, 1.82) is 5.26 Å². The lowest BCUT2D eigenvalue weighted by Crippen LogP contribution is -2.04. The lowest BCUT2D eigenvalue weighted by molar-refractivity contribution is 1.13. The first-order valence-corrected chi connectivity index (χ1v) is 21.6. The zero-order valence-corrected chi connectivity index (χ0v) is 34.7. The topological polar surface area (TPSA) is 46.5 Å². The Bertz CT molecular complexity index is 3780. The van der Waals surface area contributed by atoms with Crippen molar-refractivity contribution in [2.45, 2.75) is 0 Å². The van der Waals surface area contributed by atoms with Gasteiger partial charge in [0.25, 0.3) is 0 Å². The van der Waals surface area contributed by atoms with Crippen LogP contribution in [0.1, 0.15) is 5.56 Å². The van der Waals surface area contributed by atoms with Gasteiger partial charge in [0.2, 0.25) is 0 Å². The van der Waals surface area contributed by atoms with Gasteiger partial charge in [0.05, 0.1) is 39.0 Å². The molecule has 298 valence electrons. The van der Waals surface area contributed by atoms with Crippen LogP contribution >= 0.6 is 0 Å². The molecule has 3 heterocycles. The molecular formula is C60H38N4. The summed E-state index contributed by atoms with van der Waals surface area (Å²) < 4.78 is 4.64. The maximum absolute atomic E-state index is 11.3. The Morgan fingerprint density at radius 2 is 0.734 bits per heavy atom. The number of hydrogen-bond donors (Lipinski definition) is 0. The van der Waals surface area contributed by atoms with Gasteiger partial charge in [-0.25, -0.2) is 0 Å².